The number of hydrogen-bond donors (Lipinski definition) is 1. The molecule has 1 aliphatic rings. The Morgan fingerprint density at radius 1 is 1.33 bits per heavy atom. The zero-order valence-electron chi connectivity index (χ0n) is 10.6. The Hall–Kier alpha value is -1.19. The molecule has 0 saturated heterocycles. The Bertz CT molecular complexity index is 542. The van der Waals surface area contributed by atoms with Gasteiger partial charge in [0.1, 0.15) is 5.01 Å². The molecule has 94 valence electrons. The Morgan fingerprint density at radius 3 is 2.83 bits per heavy atom. The second-order valence-corrected chi connectivity index (χ2v) is 6.10. The molecule has 0 amide bonds. The summed E-state index contributed by atoms with van der Waals surface area (Å²) in [6, 6.07) is 8.63. The summed E-state index contributed by atoms with van der Waals surface area (Å²) in [5, 5.41) is 1.15. The van der Waals surface area contributed by atoms with Gasteiger partial charge in [-0.25, -0.2) is 4.98 Å². The molecule has 1 aromatic heterocycles. The smallest absolute Gasteiger partial charge is 0.123 e. The first-order valence-corrected chi connectivity index (χ1v) is 7.36. The minimum atomic E-state index is 0.476. The molecule has 0 bridgehead atoms. The van der Waals surface area contributed by atoms with Crippen molar-refractivity contribution in [1.29, 1.82) is 0 Å². The molecule has 0 spiro atoms. The molecule has 1 heterocycles. The van der Waals surface area contributed by atoms with Crippen LogP contribution in [0.3, 0.4) is 0 Å². The minimum Gasteiger partial charge on any atom is -0.330 e. The molecule has 18 heavy (non-hydrogen) atoms. The predicted molar refractivity (Wildman–Crippen MR) is 77.0 cm³/mol. The Kier molecular flexibility index (Phi) is 3.18. The number of hydrogen-bond acceptors (Lipinski definition) is 3. The van der Waals surface area contributed by atoms with Crippen molar-refractivity contribution in [3.05, 3.63) is 40.4 Å². The van der Waals surface area contributed by atoms with E-state index >= 15 is 0 Å². The summed E-state index contributed by atoms with van der Waals surface area (Å²) in [6.07, 6.45) is 3.63. The fourth-order valence-electron chi connectivity index (χ4n) is 2.56. The first kappa shape index (κ1) is 11.9. The van der Waals surface area contributed by atoms with Crippen LogP contribution in [0.15, 0.2) is 24.3 Å². The first-order valence-electron chi connectivity index (χ1n) is 6.54. The average molecular weight is 258 g/mol. The van der Waals surface area contributed by atoms with Crippen LogP contribution in [0.1, 0.15) is 34.9 Å². The summed E-state index contributed by atoms with van der Waals surface area (Å²) < 4.78 is 0. The molecule has 1 aromatic carbocycles. The lowest BCUT2D eigenvalue weighted by molar-refractivity contribution is 0.554. The summed E-state index contributed by atoms with van der Waals surface area (Å²) >= 11 is 1.85. The number of nitrogens with two attached hydrogens (primary N) is 1. The van der Waals surface area contributed by atoms with Crippen molar-refractivity contribution in [1.82, 2.24) is 4.98 Å². The Labute approximate surface area is 112 Å². The number of benzene rings is 1. The second kappa shape index (κ2) is 4.82. The third-order valence-corrected chi connectivity index (χ3v) is 4.83. The van der Waals surface area contributed by atoms with E-state index in [2.05, 4.69) is 31.2 Å². The minimum absolute atomic E-state index is 0.476. The molecule has 0 saturated carbocycles. The lowest BCUT2D eigenvalue weighted by Crippen LogP contribution is -2.17. The third kappa shape index (κ3) is 2.08. The molecule has 3 heteroatoms. The number of nitrogens with zero attached hydrogens (tertiary/aromatic N) is 1. The molecular formula is C15H18N2S. The highest BCUT2D eigenvalue weighted by Crippen LogP contribution is 2.37. The molecule has 1 unspecified atom stereocenters. The van der Waals surface area contributed by atoms with E-state index in [0.29, 0.717) is 5.92 Å². The van der Waals surface area contributed by atoms with Gasteiger partial charge in [-0.05, 0) is 26.2 Å². The van der Waals surface area contributed by atoms with Gasteiger partial charge >= 0.3 is 0 Å². The van der Waals surface area contributed by atoms with E-state index in [1.165, 1.54) is 41.0 Å². The SMILES string of the molecule is Cc1ccc(-c2nc3c(s2)CCCC3CN)cc1. The van der Waals surface area contributed by atoms with Gasteiger partial charge in [0.15, 0.2) is 0 Å². The van der Waals surface area contributed by atoms with Gasteiger partial charge in [-0.1, -0.05) is 29.8 Å². The number of aromatic nitrogens is 1. The molecule has 2 N–H and O–H groups in total. The van der Waals surface area contributed by atoms with E-state index in [9.17, 15) is 0 Å². The van der Waals surface area contributed by atoms with Crippen molar-refractivity contribution >= 4 is 11.3 Å². The summed E-state index contributed by atoms with van der Waals surface area (Å²) in [5.74, 6) is 0.476. The van der Waals surface area contributed by atoms with Gasteiger partial charge in [-0.3, -0.25) is 0 Å². The van der Waals surface area contributed by atoms with Crippen LogP contribution in [0.25, 0.3) is 10.6 Å². The van der Waals surface area contributed by atoms with Gasteiger partial charge in [0.05, 0.1) is 5.69 Å². The molecule has 2 aromatic rings. The van der Waals surface area contributed by atoms with Gasteiger partial charge in [-0.2, -0.15) is 0 Å². The van der Waals surface area contributed by atoms with Crippen LogP contribution in [0.4, 0.5) is 0 Å². The summed E-state index contributed by atoms with van der Waals surface area (Å²) in [5.41, 5.74) is 9.64. The van der Waals surface area contributed by atoms with Crippen molar-refractivity contribution < 1.29 is 0 Å². The van der Waals surface area contributed by atoms with Crippen molar-refractivity contribution in [3.63, 3.8) is 0 Å². The van der Waals surface area contributed by atoms with Crippen LogP contribution in [0, 0.1) is 6.92 Å². The highest BCUT2D eigenvalue weighted by molar-refractivity contribution is 7.15. The van der Waals surface area contributed by atoms with Gasteiger partial charge in [-0.15, -0.1) is 11.3 Å². The van der Waals surface area contributed by atoms with Crippen molar-refractivity contribution in [2.45, 2.75) is 32.1 Å². The van der Waals surface area contributed by atoms with Crippen molar-refractivity contribution in [2.24, 2.45) is 5.73 Å². The van der Waals surface area contributed by atoms with Crippen LogP contribution in [0.2, 0.25) is 0 Å². The first-order chi connectivity index (χ1) is 8.78. The predicted octanol–water partition coefficient (Wildman–Crippen LogP) is 3.50. The van der Waals surface area contributed by atoms with Crippen molar-refractivity contribution in [2.75, 3.05) is 6.54 Å². The van der Waals surface area contributed by atoms with Crippen LogP contribution in [0.5, 0.6) is 0 Å². The van der Waals surface area contributed by atoms with Crippen LogP contribution >= 0.6 is 11.3 Å². The average Bonchev–Trinajstić information content (AvgIpc) is 2.83. The van der Waals surface area contributed by atoms with Crippen molar-refractivity contribution in [3.8, 4) is 10.6 Å². The van der Waals surface area contributed by atoms with E-state index in [4.69, 9.17) is 10.7 Å². The Morgan fingerprint density at radius 2 is 2.11 bits per heavy atom. The molecule has 0 aliphatic heterocycles. The largest absolute Gasteiger partial charge is 0.330 e. The molecule has 1 aliphatic carbocycles. The molecule has 1 atom stereocenters. The molecule has 2 nitrogen and oxygen atoms in total. The third-order valence-electron chi connectivity index (χ3n) is 3.65. The summed E-state index contributed by atoms with van der Waals surface area (Å²) in [4.78, 5) is 6.29. The second-order valence-electron chi connectivity index (χ2n) is 5.02. The summed E-state index contributed by atoms with van der Waals surface area (Å²) in [7, 11) is 0. The maximum Gasteiger partial charge on any atom is 0.123 e. The topological polar surface area (TPSA) is 38.9 Å². The highest BCUT2D eigenvalue weighted by atomic mass is 32.1. The number of rotatable bonds is 2. The van der Waals surface area contributed by atoms with Gasteiger partial charge < -0.3 is 5.73 Å². The summed E-state index contributed by atoms with van der Waals surface area (Å²) in [6.45, 7) is 2.84. The van der Waals surface area contributed by atoms with E-state index in [1.807, 2.05) is 11.3 Å². The maximum absolute atomic E-state index is 5.85. The van der Waals surface area contributed by atoms with Gasteiger partial charge in [0, 0.05) is 22.9 Å². The Balaban J connectivity index is 1.99. The lowest BCUT2D eigenvalue weighted by Gasteiger charge is -2.18. The normalized spacial score (nSPS) is 18.7. The monoisotopic (exact) mass is 258 g/mol. The van der Waals surface area contributed by atoms with Crippen LogP contribution in [-0.2, 0) is 6.42 Å². The zero-order valence-corrected chi connectivity index (χ0v) is 11.5. The number of aryl methyl sites for hydroxylation is 2. The van der Waals surface area contributed by atoms with Gasteiger partial charge in [0.25, 0.3) is 0 Å². The standard InChI is InChI=1S/C15H18N2S/c1-10-5-7-11(8-6-10)15-17-14-12(9-16)3-2-4-13(14)18-15/h5-8,12H,2-4,9,16H2,1H3. The van der Waals surface area contributed by atoms with Crippen LogP contribution < -0.4 is 5.73 Å². The lowest BCUT2D eigenvalue weighted by atomic mass is 9.91. The molecule has 3 rings (SSSR count). The molecular weight excluding hydrogens is 240 g/mol. The number of fused-ring (bicyclic) bond motifs is 1. The van der Waals surface area contributed by atoms with E-state index < -0.39 is 0 Å². The van der Waals surface area contributed by atoms with E-state index in [1.54, 1.807) is 0 Å². The fraction of sp³-hybridized carbons (Fsp3) is 0.400. The highest BCUT2D eigenvalue weighted by Gasteiger charge is 2.23. The maximum atomic E-state index is 5.85. The van der Waals surface area contributed by atoms with Crippen LogP contribution in [-0.4, -0.2) is 11.5 Å². The number of thiazole rings is 1. The fourth-order valence-corrected chi connectivity index (χ4v) is 3.75. The van der Waals surface area contributed by atoms with E-state index in [0.717, 1.165) is 11.6 Å². The molecule has 0 fully saturated rings. The van der Waals surface area contributed by atoms with Gasteiger partial charge in [0.2, 0.25) is 0 Å². The zero-order chi connectivity index (χ0) is 12.5. The molecule has 0 radical (unpaired) electrons. The van der Waals surface area contributed by atoms with E-state index in [-0.39, 0.29) is 0 Å². The quantitative estimate of drug-likeness (QED) is 0.895.